The summed E-state index contributed by atoms with van der Waals surface area (Å²) in [6.45, 7) is 1.74. The number of aromatic amines is 1. The second-order valence-electron chi connectivity index (χ2n) is 11.2. The van der Waals surface area contributed by atoms with E-state index >= 15 is 0 Å². The Morgan fingerprint density at radius 3 is 2.42 bits per heavy atom. The van der Waals surface area contributed by atoms with Crippen molar-refractivity contribution in [1.82, 2.24) is 39.7 Å². The molecule has 1 amide bonds. The fourth-order valence-electron chi connectivity index (χ4n) is 6.56. The number of nitrogens with one attached hydrogen (secondary N) is 1. The van der Waals surface area contributed by atoms with E-state index in [0.717, 1.165) is 19.1 Å². The van der Waals surface area contributed by atoms with Gasteiger partial charge in [0.25, 0.3) is 5.91 Å². The van der Waals surface area contributed by atoms with Gasteiger partial charge in [-0.1, -0.05) is 18.2 Å². The van der Waals surface area contributed by atoms with Gasteiger partial charge in [0.15, 0.2) is 15.5 Å². The van der Waals surface area contributed by atoms with Crippen LogP contribution in [-0.2, 0) is 9.84 Å². The van der Waals surface area contributed by atoms with E-state index in [2.05, 4.69) is 25.3 Å². The Balaban J connectivity index is 1.28. The molecule has 2 aliphatic rings. The van der Waals surface area contributed by atoms with E-state index in [1.165, 1.54) is 10.6 Å². The smallest absolute Gasteiger partial charge is 0.292 e. The first-order chi connectivity index (χ1) is 20.6. The van der Waals surface area contributed by atoms with Crippen molar-refractivity contribution in [2.45, 2.75) is 55.5 Å². The number of aryl methyl sites for hydroxylation is 1. The van der Waals surface area contributed by atoms with Crippen LogP contribution in [0.15, 0.2) is 53.7 Å². The minimum absolute atomic E-state index is 0.0207. The zero-order valence-corrected chi connectivity index (χ0v) is 24.2. The molecule has 2 fully saturated rings. The molecular weight excluding hydrogens is 573 g/mol. The number of pyridine rings is 1. The number of fused-ring (bicyclic) bond motifs is 3. The van der Waals surface area contributed by atoms with Crippen LogP contribution in [0, 0.1) is 12.7 Å². The Morgan fingerprint density at radius 2 is 1.79 bits per heavy atom. The van der Waals surface area contributed by atoms with Gasteiger partial charge >= 0.3 is 0 Å². The Hall–Kier alpha value is -4.72. The first-order valence-corrected chi connectivity index (χ1v) is 15.8. The fourth-order valence-corrected chi connectivity index (χ4v) is 7.62. The van der Waals surface area contributed by atoms with E-state index in [1.54, 1.807) is 49.6 Å². The number of nitrogen functional groups attached to an aromatic ring is 1. The summed E-state index contributed by atoms with van der Waals surface area (Å²) in [6, 6.07) is 9.71. The molecule has 5 aromatic rings. The van der Waals surface area contributed by atoms with Crippen LogP contribution in [0.25, 0.3) is 28.0 Å². The van der Waals surface area contributed by atoms with Crippen LogP contribution in [0.5, 0.6) is 0 Å². The van der Waals surface area contributed by atoms with E-state index < -0.39 is 9.84 Å². The van der Waals surface area contributed by atoms with Gasteiger partial charge in [0.05, 0.1) is 17.6 Å². The zero-order chi connectivity index (χ0) is 30.0. The number of halogens is 1. The number of nitrogens with two attached hydrogens (primary N) is 1. The van der Waals surface area contributed by atoms with Crippen molar-refractivity contribution in [3.05, 3.63) is 72.0 Å². The van der Waals surface area contributed by atoms with Gasteiger partial charge < -0.3 is 15.6 Å². The minimum Gasteiger partial charge on any atom is -0.382 e. The molecule has 3 N–H and O–H groups in total. The van der Waals surface area contributed by atoms with E-state index in [0.29, 0.717) is 52.4 Å². The number of nitrogens with zero attached hydrogens (tertiary/aromatic N) is 7. The van der Waals surface area contributed by atoms with Crippen molar-refractivity contribution in [3.63, 3.8) is 0 Å². The second kappa shape index (κ2) is 9.93. The van der Waals surface area contributed by atoms with Gasteiger partial charge in [-0.3, -0.25) is 9.78 Å². The number of hydrogen-bond acceptors (Lipinski definition) is 9. The predicted octanol–water partition coefficient (Wildman–Crippen LogP) is 3.56. The fraction of sp³-hybridized carbons (Fsp3) is 0.310. The van der Waals surface area contributed by atoms with Crippen molar-refractivity contribution >= 4 is 27.2 Å². The molecule has 3 atom stereocenters. The third-order valence-electron chi connectivity index (χ3n) is 8.41. The maximum atomic E-state index is 14.3. The highest BCUT2D eigenvalue weighted by atomic mass is 32.2. The molecule has 1 aromatic carbocycles. The van der Waals surface area contributed by atoms with Crippen molar-refractivity contribution in [1.29, 1.82) is 0 Å². The van der Waals surface area contributed by atoms with Gasteiger partial charge in [-0.05, 0) is 50.8 Å². The number of carbonyl (C=O) groups excluding carboxylic acids is 1. The quantitative estimate of drug-likeness (QED) is 0.306. The highest BCUT2D eigenvalue weighted by molar-refractivity contribution is 7.91. The third kappa shape index (κ3) is 4.52. The summed E-state index contributed by atoms with van der Waals surface area (Å²) in [5.41, 5.74) is 9.41. The number of rotatable bonds is 5. The molecule has 2 aliphatic heterocycles. The predicted molar refractivity (Wildman–Crippen MR) is 155 cm³/mol. The first-order valence-electron chi connectivity index (χ1n) is 13.9. The number of piperidine rings is 1. The summed E-state index contributed by atoms with van der Waals surface area (Å²) in [6.07, 6.45) is 6.94. The molecule has 2 saturated heterocycles. The highest BCUT2D eigenvalue weighted by Crippen LogP contribution is 2.45. The molecule has 220 valence electrons. The number of benzene rings is 1. The average Bonchev–Trinajstić information content (AvgIpc) is 3.68. The van der Waals surface area contributed by atoms with Crippen molar-refractivity contribution < 1.29 is 17.6 Å². The topological polar surface area (TPSA) is 165 Å². The molecule has 14 heteroatoms. The SMILES string of the molecule is Cc1nnc(C(=O)N2[C@@H]3CC[C@H]2C[C@@H](c2nc4c(-c5ccc(-c6ccccc6F)nc5)cnn4c(N)c2S(C)(=O)=O)C3)[nH]1. The van der Waals surface area contributed by atoms with Gasteiger partial charge in [-0.2, -0.15) is 9.61 Å². The molecule has 4 aromatic heterocycles. The van der Waals surface area contributed by atoms with Crippen LogP contribution >= 0.6 is 0 Å². The molecule has 2 bridgehead atoms. The van der Waals surface area contributed by atoms with E-state index in [4.69, 9.17) is 10.7 Å². The summed E-state index contributed by atoms with van der Waals surface area (Å²) in [7, 11) is -3.79. The Bertz CT molecular complexity index is 1990. The van der Waals surface area contributed by atoms with Crippen LogP contribution in [0.4, 0.5) is 10.2 Å². The maximum absolute atomic E-state index is 14.3. The maximum Gasteiger partial charge on any atom is 0.292 e. The first kappa shape index (κ1) is 27.1. The van der Waals surface area contributed by atoms with Gasteiger partial charge in [0.2, 0.25) is 5.82 Å². The lowest BCUT2D eigenvalue weighted by molar-refractivity contribution is 0.0556. The molecule has 12 nitrogen and oxygen atoms in total. The lowest BCUT2D eigenvalue weighted by Crippen LogP contribution is -2.46. The molecule has 7 rings (SSSR count). The molecule has 0 aliphatic carbocycles. The summed E-state index contributed by atoms with van der Waals surface area (Å²) in [5, 5.41) is 12.3. The van der Waals surface area contributed by atoms with Crippen LogP contribution in [0.1, 0.15) is 53.7 Å². The van der Waals surface area contributed by atoms with Crippen LogP contribution in [0.2, 0.25) is 0 Å². The van der Waals surface area contributed by atoms with Crippen LogP contribution in [0.3, 0.4) is 0 Å². The summed E-state index contributed by atoms with van der Waals surface area (Å²) < 4.78 is 41.8. The lowest BCUT2D eigenvalue weighted by atomic mass is 9.87. The molecule has 6 heterocycles. The second-order valence-corrected chi connectivity index (χ2v) is 13.2. The monoisotopic (exact) mass is 601 g/mol. The molecule has 43 heavy (non-hydrogen) atoms. The van der Waals surface area contributed by atoms with E-state index in [1.807, 2.05) is 4.90 Å². The average molecular weight is 602 g/mol. The summed E-state index contributed by atoms with van der Waals surface area (Å²) >= 11 is 0. The van der Waals surface area contributed by atoms with Gasteiger partial charge in [0.1, 0.15) is 22.4 Å². The normalized spacial score (nSPS) is 20.2. The standard InChI is InChI=1S/C29H28FN9O3S/c1-15-34-27(37-36-15)29(40)38-18-8-9-19(38)12-17(11-18)24-25(43(2,41)42)26(31)39-28(35-24)21(14-33-39)16-7-10-23(32-13-16)20-5-3-4-6-22(20)30/h3-7,10,13-14,17-19H,8-9,11-12,31H2,1-2H3,(H,34,36,37)/t17-,18+,19-. The number of aromatic nitrogens is 7. The van der Waals surface area contributed by atoms with Gasteiger partial charge in [0, 0.05) is 47.1 Å². The lowest BCUT2D eigenvalue weighted by Gasteiger charge is -2.38. The number of carbonyl (C=O) groups is 1. The van der Waals surface area contributed by atoms with E-state index in [9.17, 15) is 17.6 Å². The molecule has 0 saturated carbocycles. The van der Waals surface area contributed by atoms with Gasteiger partial charge in [-0.25, -0.2) is 17.8 Å². The highest BCUT2D eigenvalue weighted by Gasteiger charge is 2.46. The zero-order valence-electron chi connectivity index (χ0n) is 23.4. The largest absolute Gasteiger partial charge is 0.382 e. The number of sulfone groups is 1. The number of hydrogen-bond donors (Lipinski definition) is 2. The Morgan fingerprint density at radius 1 is 1.05 bits per heavy atom. The Labute approximate surface area is 246 Å². The Kier molecular flexibility index (Phi) is 6.27. The van der Waals surface area contributed by atoms with Crippen LogP contribution in [-0.4, -0.2) is 72.3 Å². The van der Waals surface area contributed by atoms with Crippen molar-refractivity contribution in [3.8, 4) is 22.4 Å². The van der Waals surface area contributed by atoms with E-state index in [-0.39, 0.29) is 46.3 Å². The molecule has 0 unspecified atom stereocenters. The molecule has 0 radical (unpaired) electrons. The summed E-state index contributed by atoms with van der Waals surface area (Å²) in [4.78, 5) is 27.4. The molecular formula is C29H28FN9O3S. The minimum atomic E-state index is -3.79. The number of amides is 1. The number of anilines is 1. The van der Waals surface area contributed by atoms with Gasteiger partial charge in [-0.15, -0.1) is 10.2 Å². The summed E-state index contributed by atoms with van der Waals surface area (Å²) in [5.74, 6) is -0.0879. The van der Waals surface area contributed by atoms with Crippen LogP contribution < -0.4 is 5.73 Å². The number of H-pyrrole nitrogens is 1. The third-order valence-corrected chi connectivity index (χ3v) is 9.57. The van der Waals surface area contributed by atoms with Crippen molar-refractivity contribution in [2.24, 2.45) is 0 Å². The molecule has 0 spiro atoms. The van der Waals surface area contributed by atoms with Crippen molar-refractivity contribution in [2.75, 3.05) is 12.0 Å².